The van der Waals surface area contributed by atoms with Gasteiger partial charge >= 0.3 is 0 Å². The SMILES string of the molecule is Cc1cccc2c1[C@H](C)/C2=C\N. The van der Waals surface area contributed by atoms with Gasteiger partial charge in [-0.2, -0.15) is 0 Å². The number of hydrogen-bond acceptors (Lipinski definition) is 1. The Bertz CT molecular complexity index is 350. The zero-order chi connectivity index (χ0) is 8.72. The highest BCUT2D eigenvalue weighted by molar-refractivity contribution is 5.84. The molecule has 12 heavy (non-hydrogen) atoms. The average Bonchev–Trinajstić information content (AvgIpc) is 2.04. The summed E-state index contributed by atoms with van der Waals surface area (Å²) in [6.45, 7) is 4.36. The van der Waals surface area contributed by atoms with Crippen LogP contribution in [0.1, 0.15) is 29.5 Å². The standard InChI is InChI=1S/C11H13N/c1-7-4-3-5-9-10(6-12)8(2)11(7)9/h3-6,8H,12H2,1-2H3/b10-6+/t8-/m1/s1. The first-order chi connectivity index (χ1) is 5.75. The Hall–Kier alpha value is -1.24. The Labute approximate surface area is 72.9 Å². The zero-order valence-electron chi connectivity index (χ0n) is 7.46. The van der Waals surface area contributed by atoms with Crippen molar-refractivity contribution in [1.29, 1.82) is 0 Å². The lowest BCUT2D eigenvalue weighted by Gasteiger charge is -2.32. The second kappa shape index (κ2) is 2.37. The molecule has 1 nitrogen and oxygen atoms in total. The van der Waals surface area contributed by atoms with Gasteiger partial charge in [-0.3, -0.25) is 0 Å². The molecule has 2 N–H and O–H groups in total. The van der Waals surface area contributed by atoms with Crippen LogP contribution in [-0.2, 0) is 0 Å². The van der Waals surface area contributed by atoms with E-state index in [-0.39, 0.29) is 0 Å². The molecule has 0 saturated heterocycles. The van der Waals surface area contributed by atoms with Crippen molar-refractivity contribution in [2.24, 2.45) is 5.73 Å². The Morgan fingerprint density at radius 2 is 2.17 bits per heavy atom. The van der Waals surface area contributed by atoms with E-state index in [1.807, 2.05) is 0 Å². The maximum absolute atomic E-state index is 5.53. The number of rotatable bonds is 0. The molecule has 1 heteroatoms. The van der Waals surface area contributed by atoms with Crippen molar-refractivity contribution in [2.45, 2.75) is 19.8 Å². The third-order valence-corrected chi connectivity index (χ3v) is 2.71. The quantitative estimate of drug-likeness (QED) is 0.618. The molecule has 0 heterocycles. The van der Waals surface area contributed by atoms with Crippen LogP contribution >= 0.6 is 0 Å². The van der Waals surface area contributed by atoms with Gasteiger partial charge in [0.05, 0.1) is 0 Å². The van der Waals surface area contributed by atoms with E-state index in [1.54, 1.807) is 6.20 Å². The molecular weight excluding hydrogens is 146 g/mol. The molecule has 2 rings (SSSR count). The highest BCUT2D eigenvalue weighted by Gasteiger charge is 2.28. The van der Waals surface area contributed by atoms with Gasteiger partial charge in [-0.15, -0.1) is 0 Å². The van der Waals surface area contributed by atoms with E-state index in [9.17, 15) is 0 Å². The highest BCUT2D eigenvalue weighted by atomic mass is 14.5. The van der Waals surface area contributed by atoms with E-state index in [4.69, 9.17) is 5.73 Å². The first-order valence-corrected chi connectivity index (χ1v) is 4.27. The third kappa shape index (κ3) is 0.737. The number of fused-ring (bicyclic) bond motifs is 1. The van der Waals surface area contributed by atoms with Crippen molar-refractivity contribution in [3.8, 4) is 0 Å². The molecular formula is C11H13N. The molecule has 62 valence electrons. The fourth-order valence-electron chi connectivity index (χ4n) is 2.05. The summed E-state index contributed by atoms with van der Waals surface area (Å²) in [5.74, 6) is 0.534. The van der Waals surface area contributed by atoms with E-state index in [0.29, 0.717) is 5.92 Å². The molecule has 0 fully saturated rings. The summed E-state index contributed by atoms with van der Waals surface area (Å²) in [5.41, 5.74) is 11.0. The van der Waals surface area contributed by atoms with Crippen LogP contribution in [0.25, 0.3) is 5.57 Å². The fraction of sp³-hybridized carbons (Fsp3) is 0.273. The first-order valence-electron chi connectivity index (χ1n) is 4.27. The topological polar surface area (TPSA) is 26.0 Å². The van der Waals surface area contributed by atoms with Crippen LogP contribution in [0.3, 0.4) is 0 Å². The van der Waals surface area contributed by atoms with Crippen LogP contribution in [0.4, 0.5) is 0 Å². The van der Waals surface area contributed by atoms with Crippen molar-refractivity contribution in [2.75, 3.05) is 0 Å². The van der Waals surface area contributed by atoms with E-state index >= 15 is 0 Å². The second-order valence-electron chi connectivity index (χ2n) is 3.38. The molecule has 0 saturated carbocycles. The van der Waals surface area contributed by atoms with Crippen LogP contribution in [-0.4, -0.2) is 0 Å². The van der Waals surface area contributed by atoms with Crippen molar-refractivity contribution in [3.05, 3.63) is 41.1 Å². The van der Waals surface area contributed by atoms with Crippen molar-refractivity contribution >= 4 is 5.57 Å². The number of hydrogen-bond donors (Lipinski definition) is 1. The summed E-state index contributed by atoms with van der Waals surface area (Å²) in [7, 11) is 0. The minimum Gasteiger partial charge on any atom is -0.404 e. The van der Waals surface area contributed by atoms with Crippen molar-refractivity contribution in [1.82, 2.24) is 0 Å². The smallest absolute Gasteiger partial charge is 0.00899 e. The molecule has 0 unspecified atom stereocenters. The predicted molar refractivity (Wildman–Crippen MR) is 51.8 cm³/mol. The highest BCUT2D eigenvalue weighted by Crippen LogP contribution is 2.46. The number of benzene rings is 1. The summed E-state index contributed by atoms with van der Waals surface area (Å²) >= 11 is 0. The molecule has 0 amide bonds. The fourth-order valence-corrected chi connectivity index (χ4v) is 2.05. The first kappa shape index (κ1) is 7.41. The van der Waals surface area contributed by atoms with E-state index < -0.39 is 0 Å². The molecule has 0 spiro atoms. The zero-order valence-corrected chi connectivity index (χ0v) is 7.46. The van der Waals surface area contributed by atoms with Crippen LogP contribution in [0.2, 0.25) is 0 Å². The molecule has 1 aromatic rings. The number of nitrogens with two attached hydrogens (primary N) is 1. The summed E-state index contributed by atoms with van der Waals surface area (Å²) in [6.07, 6.45) is 1.73. The van der Waals surface area contributed by atoms with Gasteiger partial charge in [-0.1, -0.05) is 25.1 Å². The van der Waals surface area contributed by atoms with Crippen molar-refractivity contribution in [3.63, 3.8) is 0 Å². The Balaban J connectivity index is 2.62. The van der Waals surface area contributed by atoms with Gasteiger partial charge in [0.25, 0.3) is 0 Å². The minimum atomic E-state index is 0.534. The summed E-state index contributed by atoms with van der Waals surface area (Å²) < 4.78 is 0. The van der Waals surface area contributed by atoms with Crippen LogP contribution < -0.4 is 5.73 Å². The molecule has 0 bridgehead atoms. The lowest BCUT2D eigenvalue weighted by molar-refractivity contribution is 0.899. The lowest BCUT2D eigenvalue weighted by Crippen LogP contribution is -2.15. The third-order valence-electron chi connectivity index (χ3n) is 2.71. The molecule has 1 aliphatic rings. The number of aryl methyl sites for hydroxylation is 1. The van der Waals surface area contributed by atoms with E-state index in [1.165, 1.54) is 22.3 Å². The van der Waals surface area contributed by atoms with Gasteiger partial charge in [0.2, 0.25) is 0 Å². The largest absolute Gasteiger partial charge is 0.404 e. The number of allylic oxidation sites excluding steroid dienone is 1. The Morgan fingerprint density at radius 3 is 2.83 bits per heavy atom. The molecule has 1 aliphatic carbocycles. The van der Waals surface area contributed by atoms with Crippen LogP contribution in [0.15, 0.2) is 24.4 Å². The van der Waals surface area contributed by atoms with Crippen molar-refractivity contribution < 1.29 is 0 Å². The van der Waals surface area contributed by atoms with Gasteiger partial charge in [0, 0.05) is 5.92 Å². The maximum atomic E-state index is 5.53. The minimum absolute atomic E-state index is 0.534. The maximum Gasteiger partial charge on any atom is 0.00899 e. The Morgan fingerprint density at radius 1 is 1.42 bits per heavy atom. The van der Waals surface area contributed by atoms with E-state index in [2.05, 4.69) is 32.0 Å². The molecule has 1 aromatic carbocycles. The molecule has 1 atom stereocenters. The van der Waals surface area contributed by atoms with Gasteiger partial charge in [-0.25, -0.2) is 0 Å². The molecule has 0 radical (unpaired) electrons. The summed E-state index contributed by atoms with van der Waals surface area (Å²) in [4.78, 5) is 0. The summed E-state index contributed by atoms with van der Waals surface area (Å²) in [5, 5.41) is 0. The van der Waals surface area contributed by atoms with Crippen LogP contribution in [0.5, 0.6) is 0 Å². The van der Waals surface area contributed by atoms with E-state index in [0.717, 1.165) is 0 Å². The van der Waals surface area contributed by atoms with Gasteiger partial charge < -0.3 is 5.73 Å². The lowest BCUT2D eigenvalue weighted by atomic mass is 9.72. The Kier molecular flexibility index (Phi) is 1.47. The average molecular weight is 159 g/mol. The van der Waals surface area contributed by atoms with Gasteiger partial charge in [0.1, 0.15) is 0 Å². The summed E-state index contributed by atoms with van der Waals surface area (Å²) in [6, 6.07) is 6.38. The predicted octanol–water partition coefficient (Wildman–Crippen LogP) is 2.41. The second-order valence-corrected chi connectivity index (χ2v) is 3.38. The van der Waals surface area contributed by atoms with Crippen LogP contribution in [0, 0.1) is 6.92 Å². The monoisotopic (exact) mass is 159 g/mol. The normalized spacial score (nSPS) is 23.5. The van der Waals surface area contributed by atoms with Gasteiger partial charge in [0.15, 0.2) is 0 Å². The molecule has 0 aromatic heterocycles. The van der Waals surface area contributed by atoms with Gasteiger partial charge in [-0.05, 0) is 35.4 Å². The molecule has 0 aliphatic heterocycles.